The summed E-state index contributed by atoms with van der Waals surface area (Å²) in [6, 6.07) is 17.9. The van der Waals surface area contributed by atoms with Gasteiger partial charge < -0.3 is 10.4 Å². The Morgan fingerprint density at radius 2 is 1.86 bits per heavy atom. The average Bonchev–Trinajstić information content (AvgIpc) is 2.84. The molecule has 3 atom stereocenters. The Bertz CT molecular complexity index is 653. The Labute approximate surface area is 131 Å². The Morgan fingerprint density at radius 3 is 2.64 bits per heavy atom. The first kappa shape index (κ1) is 14.8. The maximum absolute atomic E-state index is 12.3. The number of hydrogen-bond acceptors (Lipinski definition) is 2. The quantitative estimate of drug-likeness (QED) is 0.911. The van der Waals surface area contributed by atoms with Gasteiger partial charge in [-0.15, -0.1) is 0 Å². The van der Waals surface area contributed by atoms with Gasteiger partial charge in [0.05, 0.1) is 12.1 Å². The van der Waals surface area contributed by atoms with E-state index in [4.69, 9.17) is 0 Å². The fourth-order valence-electron chi connectivity index (χ4n) is 3.23. The molecular formula is C19H21NO2. The second-order valence-electron chi connectivity index (χ2n) is 5.98. The summed E-state index contributed by atoms with van der Waals surface area (Å²) in [5.74, 6) is -0.115. The molecule has 0 radical (unpaired) electrons. The Balaban J connectivity index is 1.65. The fourth-order valence-corrected chi connectivity index (χ4v) is 3.23. The number of hydrogen-bond donors (Lipinski definition) is 2. The normalized spacial score (nSPS) is 21.2. The van der Waals surface area contributed by atoms with Crippen LogP contribution in [0.15, 0.2) is 54.6 Å². The van der Waals surface area contributed by atoms with Crippen molar-refractivity contribution in [2.45, 2.75) is 37.8 Å². The van der Waals surface area contributed by atoms with Crippen molar-refractivity contribution in [1.82, 2.24) is 5.32 Å². The standard InChI is InChI=1S/C19H21NO2/c1-13(14-7-3-2-4-8-14)20-19(22)12-17-16-10-6-5-9-15(16)11-18(17)21/h2-10,13,17-18,21H,11-12H2,1H3,(H,20,22)/t13-,17-,18+/m0/s1. The molecule has 3 heteroatoms. The van der Waals surface area contributed by atoms with Gasteiger partial charge in [0, 0.05) is 12.3 Å². The highest BCUT2D eigenvalue weighted by molar-refractivity contribution is 5.77. The van der Waals surface area contributed by atoms with Gasteiger partial charge in [-0.2, -0.15) is 0 Å². The van der Waals surface area contributed by atoms with E-state index in [9.17, 15) is 9.90 Å². The molecule has 1 amide bonds. The Morgan fingerprint density at radius 1 is 1.18 bits per heavy atom. The predicted molar refractivity (Wildman–Crippen MR) is 86.5 cm³/mol. The minimum absolute atomic E-state index is 0.0166. The van der Waals surface area contributed by atoms with Gasteiger partial charge in [0.25, 0.3) is 0 Å². The fraction of sp³-hybridized carbons (Fsp3) is 0.316. The van der Waals surface area contributed by atoms with Crippen LogP contribution in [0.5, 0.6) is 0 Å². The van der Waals surface area contributed by atoms with Gasteiger partial charge >= 0.3 is 0 Å². The summed E-state index contributed by atoms with van der Waals surface area (Å²) >= 11 is 0. The molecular weight excluding hydrogens is 274 g/mol. The first-order chi connectivity index (χ1) is 10.6. The molecule has 2 aromatic rings. The van der Waals surface area contributed by atoms with Crippen LogP contribution in [0, 0.1) is 0 Å². The highest BCUT2D eigenvalue weighted by atomic mass is 16.3. The number of nitrogens with one attached hydrogen (secondary N) is 1. The smallest absolute Gasteiger partial charge is 0.221 e. The van der Waals surface area contributed by atoms with E-state index in [1.54, 1.807) is 0 Å². The molecule has 0 heterocycles. The van der Waals surface area contributed by atoms with Gasteiger partial charge in [0.1, 0.15) is 0 Å². The minimum atomic E-state index is -0.463. The molecule has 0 aromatic heterocycles. The van der Waals surface area contributed by atoms with E-state index >= 15 is 0 Å². The average molecular weight is 295 g/mol. The Hall–Kier alpha value is -2.13. The number of fused-ring (bicyclic) bond motifs is 1. The number of carbonyl (C=O) groups is 1. The van der Waals surface area contributed by atoms with Crippen molar-refractivity contribution in [1.29, 1.82) is 0 Å². The maximum atomic E-state index is 12.3. The number of aliphatic hydroxyl groups is 1. The van der Waals surface area contributed by atoms with Crippen molar-refractivity contribution in [2.75, 3.05) is 0 Å². The number of carbonyl (C=O) groups excluding carboxylic acids is 1. The van der Waals surface area contributed by atoms with E-state index in [0.717, 1.165) is 16.7 Å². The summed E-state index contributed by atoms with van der Waals surface area (Å²) in [5, 5.41) is 13.3. The topological polar surface area (TPSA) is 49.3 Å². The molecule has 1 aliphatic rings. The minimum Gasteiger partial charge on any atom is -0.392 e. The van der Waals surface area contributed by atoms with Crippen molar-refractivity contribution in [3.05, 3.63) is 71.3 Å². The lowest BCUT2D eigenvalue weighted by Crippen LogP contribution is -2.29. The van der Waals surface area contributed by atoms with E-state index in [2.05, 4.69) is 5.32 Å². The molecule has 22 heavy (non-hydrogen) atoms. The first-order valence-corrected chi connectivity index (χ1v) is 7.75. The lowest BCUT2D eigenvalue weighted by Gasteiger charge is -2.19. The first-order valence-electron chi connectivity index (χ1n) is 7.75. The van der Waals surface area contributed by atoms with Crippen LogP contribution in [0.4, 0.5) is 0 Å². The molecule has 2 aromatic carbocycles. The van der Waals surface area contributed by atoms with E-state index in [0.29, 0.717) is 12.8 Å². The molecule has 0 saturated heterocycles. The van der Waals surface area contributed by atoms with E-state index < -0.39 is 6.10 Å². The van der Waals surface area contributed by atoms with Crippen molar-refractivity contribution >= 4 is 5.91 Å². The lowest BCUT2D eigenvalue weighted by molar-refractivity contribution is -0.122. The summed E-state index contributed by atoms with van der Waals surface area (Å²) in [6.07, 6.45) is 0.507. The third-order valence-corrected chi connectivity index (χ3v) is 4.43. The molecule has 3 rings (SSSR count). The molecule has 1 aliphatic carbocycles. The molecule has 0 fully saturated rings. The zero-order valence-electron chi connectivity index (χ0n) is 12.7. The number of benzene rings is 2. The van der Waals surface area contributed by atoms with Crippen LogP contribution >= 0.6 is 0 Å². The summed E-state index contributed by atoms with van der Waals surface area (Å²) in [7, 11) is 0. The van der Waals surface area contributed by atoms with Crippen LogP contribution in [-0.4, -0.2) is 17.1 Å². The van der Waals surface area contributed by atoms with Crippen LogP contribution in [0.3, 0.4) is 0 Å². The second kappa shape index (κ2) is 6.32. The highest BCUT2D eigenvalue weighted by Gasteiger charge is 2.32. The summed E-state index contributed by atoms with van der Waals surface area (Å²) in [5.41, 5.74) is 3.35. The summed E-state index contributed by atoms with van der Waals surface area (Å²) in [4.78, 5) is 12.3. The van der Waals surface area contributed by atoms with Crippen LogP contribution in [0.2, 0.25) is 0 Å². The SMILES string of the molecule is C[C@H](NC(=O)C[C@H]1c2ccccc2C[C@H]1O)c1ccccc1. The van der Waals surface area contributed by atoms with E-state index in [-0.39, 0.29) is 17.9 Å². The van der Waals surface area contributed by atoms with Gasteiger partial charge in [-0.05, 0) is 30.0 Å². The summed E-state index contributed by atoms with van der Waals surface area (Å²) < 4.78 is 0. The van der Waals surface area contributed by atoms with Crippen LogP contribution < -0.4 is 5.32 Å². The van der Waals surface area contributed by atoms with Crippen LogP contribution in [0.1, 0.15) is 42.0 Å². The van der Waals surface area contributed by atoms with Crippen LogP contribution in [-0.2, 0) is 11.2 Å². The van der Waals surface area contributed by atoms with Crippen molar-refractivity contribution in [3.63, 3.8) is 0 Å². The molecule has 2 N–H and O–H groups in total. The largest absolute Gasteiger partial charge is 0.392 e. The number of aliphatic hydroxyl groups excluding tert-OH is 1. The second-order valence-corrected chi connectivity index (χ2v) is 5.98. The molecule has 114 valence electrons. The third-order valence-electron chi connectivity index (χ3n) is 4.43. The molecule has 0 spiro atoms. The molecule has 3 nitrogen and oxygen atoms in total. The van der Waals surface area contributed by atoms with Gasteiger partial charge in [0.2, 0.25) is 5.91 Å². The maximum Gasteiger partial charge on any atom is 0.221 e. The van der Waals surface area contributed by atoms with Crippen LogP contribution in [0.25, 0.3) is 0 Å². The summed E-state index contributed by atoms with van der Waals surface area (Å²) in [6.45, 7) is 1.98. The van der Waals surface area contributed by atoms with Crippen molar-refractivity contribution in [2.24, 2.45) is 0 Å². The molecule has 0 saturated carbocycles. The highest BCUT2D eigenvalue weighted by Crippen LogP contribution is 2.35. The Kier molecular flexibility index (Phi) is 4.25. The van der Waals surface area contributed by atoms with Gasteiger partial charge in [-0.1, -0.05) is 54.6 Å². The lowest BCUT2D eigenvalue weighted by atomic mass is 9.95. The monoisotopic (exact) mass is 295 g/mol. The van der Waals surface area contributed by atoms with Crippen molar-refractivity contribution < 1.29 is 9.90 Å². The van der Waals surface area contributed by atoms with Crippen molar-refractivity contribution in [3.8, 4) is 0 Å². The van der Waals surface area contributed by atoms with Gasteiger partial charge in [0.15, 0.2) is 0 Å². The van der Waals surface area contributed by atoms with E-state index in [1.807, 2.05) is 61.5 Å². The zero-order chi connectivity index (χ0) is 15.5. The number of rotatable bonds is 4. The number of amides is 1. The third kappa shape index (κ3) is 3.04. The van der Waals surface area contributed by atoms with Gasteiger partial charge in [-0.3, -0.25) is 4.79 Å². The zero-order valence-corrected chi connectivity index (χ0v) is 12.7. The van der Waals surface area contributed by atoms with E-state index in [1.165, 1.54) is 0 Å². The molecule has 0 aliphatic heterocycles. The molecule has 0 unspecified atom stereocenters. The predicted octanol–water partition coefficient (Wildman–Crippen LogP) is 2.95. The molecule has 0 bridgehead atoms. The van der Waals surface area contributed by atoms with Gasteiger partial charge in [-0.25, -0.2) is 0 Å².